The number of methoxy groups -OCH3 is 1. The highest BCUT2D eigenvalue weighted by Gasteiger charge is 2.08. The third-order valence-electron chi connectivity index (χ3n) is 2.09. The Morgan fingerprint density at radius 1 is 1.62 bits per heavy atom. The standard InChI is InChI=1S/C10H14ClN3O2/c1-6(10(12)14-15)13-7-3-4-9(16-2)8(11)5-7/h3-6,13,15H,1-2H3,(H2,12,14). The van der Waals surface area contributed by atoms with Gasteiger partial charge in [-0.1, -0.05) is 16.8 Å². The predicted octanol–water partition coefficient (Wildman–Crippen LogP) is 1.90. The van der Waals surface area contributed by atoms with E-state index < -0.39 is 0 Å². The fourth-order valence-electron chi connectivity index (χ4n) is 1.17. The SMILES string of the molecule is COc1ccc(NC(C)C(N)=NO)cc1Cl. The Morgan fingerprint density at radius 2 is 2.31 bits per heavy atom. The average molecular weight is 244 g/mol. The minimum absolute atomic E-state index is 0.104. The van der Waals surface area contributed by atoms with Crippen LogP contribution in [0.3, 0.4) is 0 Å². The molecule has 0 amide bonds. The van der Waals surface area contributed by atoms with E-state index in [2.05, 4.69) is 10.5 Å². The lowest BCUT2D eigenvalue weighted by Crippen LogP contribution is -2.32. The molecule has 0 saturated carbocycles. The summed E-state index contributed by atoms with van der Waals surface area (Å²) in [5.41, 5.74) is 6.21. The van der Waals surface area contributed by atoms with Crippen molar-refractivity contribution in [3.63, 3.8) is 0 Å². The van der Waals surface area contributed by atoms with E-state index in [0.29, 0.717) is 10.8 Å². The molecule has 1 atom stereocenters. The number of hydrogen-bond acceptors (Lipinski definition) is 4. The Bertz CT molecular complexity index is 396. The van der Waals surface area contributed by atoms with Crippen LogP contribution in [0.2, 0.25) is 5.02 Å². The first-order valence-corrected chi connectivity index (χ1v) is 5.03. The zero-order valence-electron chi connectivity index (χ0n) is 9.07. The van der Waals surface area contributed by atoms with Crippen molar-refractivity contribution in [3.05, 3.63) is 23.2 Å². The summed E-state index contributed by atoms with van der Waals surface area (Å²) in [6.45, 7) is 1.77. The summed E-state index contributed by atoms with van der Waals surface area (Å²) < 4.78 is 5.03. The third-order valence-corrected chi connectivity index (χ3v) is 2.39. The summed E-state index contributed by atoms with van der Waals surface area (Å²) in [6, 6.07) is 4.96. The molecular formula is C10H14ClN3O2. The first-order chi connectivity index (χ1) is 7.58. The van der Waals surface area contributed by atoms with Gasteiger partial charge in [-0.05, 0) is 25.1 Å². The van der Waals surface area contributed by atoms with Crippen molar-refractivity contribution in [2.24, 2.45) is 10.9 Å². The van der Waals surface area contributed by atoms with Gasteiger partial charge in [0, 0.05) is 5.69 Å². The lowest BCUT2D eigenvalue weighted by atomic mass is 10.2. The van der Waals surface area contributed by atoms with Crippen LogP contribution >= 0.6 is 11.6 Å². The Labute approximate surface area is 98.8 Å². The molecule has 0 heterocycles. The molecule has 5 nitrogen and oxygen atoms in total. The van der Waals surface area contributed by atoms with Crippen LogP contribution in [0.25, 0.3) is 0 Å². The molecule has 0 aliphatic heterocycles. The number of nitrogens with zero attached hydrogens (tertiary/aromatic N) is 1. The topological polar surface area (TPSA) is 79.9 Å². The van der Waals surface area contributed by atoms with Gasteiger partial charge in [0.1, 0.15) is 5.75 Å². The molecular weight excluding hydrogens is 230 g/mol. The fourth-order valence-corrected chi connectivity index (χ4v) is 1.42. The van der Waals surface area contributed by atoms with Gasteiger partial charge in [0.15, 0.2) is 5.84 Å². The van der Waals surface area contributed by atoms with Gasteiger partial charge in [0.25, 0.3) is 0 Å². The molecule has 0 spiro atoms. The Balaban J connectivity index is 2.79. The zero-order valence-corrected chi connectivity index (χ0v) is 9.82. The number of benzene rings is 1. The molecule has 4 N–H and O–H groups in total. The number of amidine groups is 1. The van der Waals surface area contributed by atoms with Crippen molar-refractivity contribution in [2.45, 2.75) is 13.0 Å². The summed E-state index contributed by atoms with van der Waals surface area (Å²) in [4.78, 5) is 0. The van der Waals surface area contributed by atoms with Crippen LogP contribution in [-0.4, -0.2) is 24.2 Å². The van der Waals surface area contributed by atoms with E-state index >= 15 is 0 Å². The highest BCUT2D eigenvalue weighted by molar-refractivity contribution is 6.32. The van der Waals surface area contributed by atoms with Crippen molar-refractivity contribution < 1.29 is 9.94 Å². The first kappa shape index (κ1) is 12.4. The molecule has 1 aromatic rings. The summed E-state index contributed by atoms with van der Waals surface area (Å²) in [7, 11) is 1.55. The largest absolute Gasteiger partial charge is 0.495 e. The van der Waals surface area contributed by atoms with Gasteiger partial charge in [-0.15, -0.1) is 0 Å². The number of halogens is 1. The zero-order chi connectivity index (χ0) is 12.1. The lowest BCUT2D eigenvalue weighted by Gasteiger charge is -2.14. The van der Waals surface area contributed by atoms with Crippen LogP contribution in [0.4, 0.5) is 5.69 Å². The molecule has 1 unspecified atom stereocenters. The Kier molecular flexibility index (Phi) is 4.25. The second-order valence-electron chi connectivity index (χ2n) is 3.24. The van der Waals surface area contributed by atoms with Gasteiger partial charge < -0.3 is 21.0 Å². The van der Waals surface area contributed by atoms with E-state index in [1.165, 1.54) is 0 Å². The normalized spacial score (nSPS) is 13.3. The first-order valence-electron chi connectivity index (χ1n) is 4.66. The number of nitrogens with one attached hydrogen (secondary N) is 1. The van der Waals surface area contributed by atoms with E-state index in [4.69, 9.17) is 27.3 Å². The van der Waals surface area contributed by atoms with Gasteiger partial charge in [-0.3, -0.25) is 0 Å². The minimum Gasteiger partial charge on any atom is -0.495 e. The van der Waals surface area contributed by atoms with Gasteiger partial charge in [0.05, 0.1) is 18.2 Å². The number of ether oxygens (including phenoxy) is 1. The van der Waals surface area contributed by atoms with Gasteiger partial charge in [0.2, 0.25) is 0 Å². The second kappa shape index (κ2) is 5.46. The molecule has 1 rings (SSSR count). The smallest absolute Gasteiger partial charge is 0.161 e. The predicted molar refractivity (Wildman–Crippen MR) is 64.5 cm³/mol. The molecule has 0 fully saturated rings. The molecule has 6 heteroatoms. The van der Waals surface area contributed by atoms with E-state index in [1.54, 1.807) is 32.2 Å². The maximum absolute atomic E-state index is 8.50. The monoisotopic (exact) mass is 243 g/mol. The van der Waals surface area contributed by atoms with Gasteiger partial charge in [-0.2, -0.15) is 0 Å². The van der Waals surface area contributed by atoms with Crippen molar-refractivity contribution in [3.8, 4) is 5.75 Å². The molecule has 1 aromatic carbocycles. The van der Waals surface area contributed by atoms with Crippen molar-refractivity contribution in [1.82, 2.24) is 0 Å². The van der Waals surface area contributed by atoms with Crippen LogP contribution in [-0.2, 0) is 0 Å². The molecule has 0 aliphatic rings. The van der Waals surface area contributed by atoms with Crippen LogP contribution in [0.1, 0.15) is 6.92 Å². The van der Waals surface area contributed by atoms with Crippen molar-refractivity contribution in [2.75, 3.05) is 12.4 Å². The summed E-state index contributed by atoms with van der Waals surface area (Å²) in [6.07, 6.45) is 0. The second-order valence-corrected chi connectivity index (χ2v) is 3.65. The molecule has 0 radical (unpaired) electrons. The summed E-state index contributed by atoms with van der Waals surface area (Å²) >= 11 is 5.95. The maximum Gasteiger partial charge on any atom is 0.161 e. The number of oxime groups is 1. The van der Waals surface area contributed by atoms with E-state index in [0.717, 1.165) is 5.69 Å². The van der Waals surface area contributed by atoms with E-state index in [9.17, 15) is 0 Å². The summed E-state index contributed by atoms with van der Waals surface area (Å²) in [5.74, 6) is 0.704. The minimum atomic E-state index is -0.283. The number of hydrogen-bond donors (Lipinski definition) is 3. The molecule has 0 aromatic heterocycles. The lowest BCUT2D eigenvalue weighted by molar-refractivity contribution is 0.316. The molecule has 0 aliphatic carbocycles. The Morgan fingerprint density at radius 3 is 2.81 bits per heavy atom. The average Bonchev–Trinajstić information content (AvgIpc) is 2.28. The summed E-state index contributed by atoms with van der Waals surface area (Å²) in [5, 5.41) is 14.9. The number of rotatable bonds is 4. The van der Waals surface area contributed by atoms with Crippen LogP contribution in [0.15, 0.2) is 23.4 Å². The van der Waals surface area contributed by atoms with E-state index in [-0.39, 0.29) is 11.9 Å². The maximum atomic E-state index is 8.50. The van der Waals surface area contributed by atoms with Crippen molar-refractivity contribution in [1.29, 1.82) is 0 Å². The molecule has 0 bridgehead atoms. The number of nitrogens with two attached hydrogens (primary N) is 1. The highest BCUT2D eigenvalue weighted by atomic mass is 35.5. The number of anilines is 1. The van der Waals surface area contributed by atoms with Crippen LogP contribution < -0.4 is 15.8 Å². The van der Waals surface area contributed by atoms with Gasteiger partial charge in [-0.25, -0.2) is 0 Å². The van der Waals surface area contributed by atoms with Crippen molar-refractivity contribution >= 4 is 23.1 Å². The highest BCUT2D eigenvalue weighted by Crippen LogP contribution is 2.27. The Hall–Kier alpha value is -1.62. The quantitative estimate of drug-likeness (QED) is 0.327. The fraction of sp³-hybridized carbons (Fsp3) is 0.300. The molecule has 16 heavy (non-hydrogen) atoms. The van der Waals surface area contributed by atoms with Gasteiger partial charge >= 0.3 is 0 Å². The third kappa shape index (κ3) is 2.93. The molecule has 88 valence electrons. The van der Waals surface area contributed by atoms with Crippen LogP contribution in [0.5, 0.6) is 5.75 Å². The molecule has 0 saturated heterocycles. The van der Waals surface area contributed by atoms with Crippen LogP contribution in [0, 0.1) is 0 Å². The van der Waals surface area contributed by atoms with E-state index in [1.807, 2.05) is 0 Å².